The summed E-state index contributed by atoms with van der Waals surface area (Å²) in [6.45, 7) is 7.46. The van der Waals surface area contributed by atoms with Crippen LogP contribution in [0.5, 0.6) is 0 Å². The van der Waals surface area contributed by atoms with Crippen molar-refractivity contribution in [3.8, 4) is 0 Å². The highest BCUT2D eigenvalue weighted by Gasteiger charge is 2.30. The summed E-state index contributed by atoms with van der Waals surface area (Å²) in [5.41, 5.74) is 1.90. The monoisotopic (exact) mass is 313 g/mol. The van der Waals surface area contributed by atoms with Gasteiger partial charge in [0.2, 0.25) is 10.0 Å². The van der Waals surface area contributed by atoms with E-state index >= 15 is 0 Å². The van der Waals surface area contributed by atoms with Crippen LogP contribution in [0.1, 0.15) is 31.4 Å². The summed E-state index contributed by atoms with van der Waals surface area (Å²) >= 11 is 0. The van der Waals surface area contributed by atoms with Gasteiger partial charge in [0.1, 0.15) is 6.04 Å². The van der Waals surface area contributed by atoms with Gasteiger partial charge in [0.05, 0.1) is 12.0 Å². The molecule has 0 saturated carbocycles. The van der Waals surface area contributed by atoms with Crippen LogP contribution in [0, 0.1) is 19.8 Å². The number of rotatable bonds is 6. The van der Waals surface area contributed by atoms with Gasteiger partial charge in [0, 0.05) is 0 Å². The molecule has 0 spiro atoms. The lowest BCUT2D eigenvalue weighted by Crippen LogP contribution is -2.45. The SMILES string of the molecule is CC[C@H](C)[C@@H](NS(=O)(=O)c1ccc(C)c(C)c1)C(=O)OC. The van der Waals surface area contributed by atoms with Crippen LogP contribution in [-0.2, 0) is 19.6 Å². The van der Waals surface area contributed by atoms with Gasteiger partial charge in [-0.25, -0.2) is 8.42 Å². The molecule has 1 aromatic rings. The summed E-state index contributed by atoms with van der Waals surface area (Å²) < 4.78 is 32.0. The van der Waals surface area contributed by atoms with Crippen LogP contribution >= 0.6 is 0 Å². The lowest BCUT2D eigenvalue weighted by molar-refractivity contribution is -0.143. The second-order valence-electron chi connectivity index (χ2n) is 5.25. The van der Waals surface area contributed by atoms with Gasteiger partial charge < -0.3 is 4.74 Å². The highest BCUT2D eigenvalue weighted by Crippen LogP contribution is 2.17. The Hall–Kier alpha value is -1.40. The Morgan fingerprint density at radius 1 is 1.29 bits per heavy atom. The van der Waals surface area contributed by atoms with Crippen LogP contribution in [0.3, 0.4) is 0 Å². The summed E-state index contributed by atoms with van der Waals surface area (Å²) in [6.07, 6.45) is 0.662. The number of esters is 1. The molecule has 0 heterocycles. The van der Waals surface area contributed by atoms with Gasteiger partial charge in [0.15, 0.2) is 0 Å². The van der Waals surface area contributed by atoms with Gasteiger partial charge in [-0.05, 0) is 43.0 Å². The first-order chi connectivity index (χ1) is 9.72. The fourth-order valence-corrected chi connectivity index (χ4v) is 3.25. The van der Waals surface area contributed by atoms with E-state index in [1.165, 1.54) is 13.2 Å². The molecule has 1 aromatic carbocycles. The Morgan fingerprint density at radius 2 is 1.90 bits per heavy atom. The molecule has 2 atom stereocenters. The van der Waals surface area contributed by atoms with Crippen molar-refractivity contribution in [1.29, 1.82) is 0 Å². The number of carbonyl (C=O) groups excluding carboxylic acids is 1. The molecule has 21 heavy (non-hydrogen) atoms. The first-order valence-electron chi connectivity index (χ1n) is 6.90. The fourth-order valence-electron chi connectivity index (χ4n) is 1.88. The normalized spacial score (nSPS) is 14.5. The van der Waals surface area contributed by atoms with E-state index in [-0.39, 0.29) is 10.8 Å². The molecule has 118 valence electrons. The average Bonchev–Trinajstić information content (AvgIpc) is 2.45. The summed E-state index contributed by atoms with van der Waals surface area (Å²) in [5.74, 6) is -0.726. The number of aryl methyl sites for hydroxylation is 2. The quantitative estimate of drug-likeness (QED) is 0.817. The first-order valence-corrected chi connectivity index (χ1v) is 8.38. The van der Waals surface area contributed by atoms with Crippen LogP contribution in [-0.4, -0.2) is 27.5 Å². The maximum absolute atomic E-state index is 12.4. The number of carbonyl (C=O) groups is 1. The van der Waals surface area contributed by atoms with Crippen molar-refractivity contribution < 1.29 is 17.9 Å². The summed E-state index contributed by atoms with van der Waals surface area (Å²) in [6, 6.07) is 4.00. The van der Waals surface area contributed by atoms with Gasteiger partial charge in [-0.3, -0.25) is 4.79 Å². The van der Waals surface area contributed by atoms with Crippen molar-refractivity contribution in [2.24, 2.45) is 5.92 Å². The van der Waals surface area contributed by atoms with Crippen LogP contribution < -0.4 is 4.72 Å². The van der Waals surface area contributed by atoms with E-state index in [0.29, 0.717) is 6.42 Å². The van der Waals surface area contributed by atoms with Crippen molar-refractivity contribution in [3.63, 3.8) is 0 Å². The van der Waals surface area contributed by atoms with Gasteiger partial charge in [0.25, 0.3) is 0 Å². The second-order valence-corrected chi connectivity index (χ2v) is 6.97. The molecule has 0 aliphatic rings. The number of methoxy groups -OCH3 is 1. The molecule has 0 bridgehead atoms. The zero-order chi connectivity index (χ0) is 16.2. The maximum Gasteiger partial charge on any atom is 0.324 e. The maximum atomic E-state index is 12.4. The Kier molecular flexibility index (Phi) is 5.92. The molecule has 0 amide bonds. The molecule has 0 fully saturated rings. The zero-order valence-corrected chi connectivity index (χ0v) is 14.0. The summed E-state index contributed by atoms with van der Waals surface area (Å²) in [5, 5.41) is 0. The van der Waals surface area contributed by atoms with Crippen molar-refractivity contribution in [1.82, 2.24) is 4.72 Å². The number of ether oxygens (including phenoxy) is 1. The second kappa shape index (κ2) is 7.04. The smallest absolute Gasteiger partial charge is 0.324 e. The molecule has 0 aliphatic heterocycles. The van der Waals surface area contributed by atoms with E-state index < -0.39 is 22.0 Å². The largest absolute Gasteiger partial charge is 0.468 e. The lowest BCUT2D eigenvalue weighted by atomic mass is 10.0. The summed E-state index contributed by atoms with van der Waals surface area (Å²) in [7, 11) is -2.51. The molecule has 1 N–H and O–H groups in total. The molecular weight excluding hydrogens is 290 g/mol. The Bertz CT molecular complexity index is 610. The molecular formula is C15H23NO4S. The fraction of sp³-hybridized carbons (Fsp3) is 0.533. The van der Waals surface area contributed by atoms with Crippen LogP contribution in [0.4, 0.5) is 0 Å². The third kappa shape index (κ3) is 4.28. The predicted octanol–water partition coefficient (Wildman–Crippen LogP) is 2.17. The highest BCUT2D eigenvalue weighted by molar-refractivity contribution is 7.89. The summed E-state index contributed by atoms with van der Waals surface area (Å²) in [4.78, 5) is 11.9. The van der Waals surface area contributed by atoms with E-state index in [0.717, 1.165) is 11.1 Å². The molecule has 1 rings (SSSR count). The zero-order valence-electron chi connectivity index (χ0n) is 13.1. The minimum absolute atomic E-state index is 0.154. The molecule has 6 heteroatoms. The van der Waals surface area contributed by atoms with Gasteiger partial charge >= 0.3 is 5.97 Å². The minimum atomic E-state index is -3.76. The molecule has 0 radical (unpaired) electrons. The third-order valence-corrected chi connectivity index (χ3v) is 5.18. The molecule has 0 saturated heterocycles. The average molecular weight is 313 g/mol. The standard InChI is InChI=1S/C15H23NO4S/c1-6-10(2)14(15(17)20-5)16-21(18,19)13-8-7-11(3)12(4)9-13/h7-10,14,16H,6H2,1-5H3/t10-,14+/m0/s1. The molecule has 0 aliphatic carbocycles. The highest BCUT2D eigenvalue weighted by atomic mass is 32.2. The van der Waals surface area contributed by atoms with Crippen molar-refractivity contribution in [2.45, 2.75) is 45.1 Å². The Balaban J connectivity index is 3.11. The van der Waals surface area contributed by atoms with E-state index in [1.54, 1.807) is 12.1 Å². The lowest BCUT2D eigenvalue weighted by Gasteiger charge is -2.22. The van der Waals surface area contributed by atoms with Gasteiger partial charge in [-0.15, -0.1) is 0 Å². The van der Waals surface area contributed by atoms with E-state index in [9.17, 15) is 13.2 Å². The number of sulfonamides is 1. The van der Waals surface area contributed by atoms with Crippen LogP contribution in [0.25, 0.3) is 0 Å². The van der Waals surface area contributed by atoms with Crippen molar-refractivity contribution in [2.75, 3.05) is 7.11 Å². The third-order valence-electron chi connectivity index (χ3n) is 3.74. The van der Waals surface area contributed by atoms with Gasteiger partial charge in [-0.1, -0.05) is 26.3 Å². The van der Waals surface area contributed by atoms with E-state index in [2.05, 4.69) is 4.72 Å². The van der Waals surface area contributed by atoms with Gasteiger partial charge in [-0.2, -0.15) is 4.72 Å². The minimum Gasteiger partial charge on any atom is -0.468 e. The molecule has 0 aromatic heterocycles. The van der Waals surface area contributed by atoms with Crippen LogP contribution in [0.15, 0.2) is 23.1 Å². The number of nitrogens with one attached hydrogen (secondary N) is 1. The Morgan fingerprint density at radius 3 is 2.38 bits per heavy atom. The predicted molar refractivity (Wildman–Crippen MR) is 81.5 cm³/mol. The number of benzene rings is 1. The number of hydrogen-bond donors (Lipinski definition) is 1. The van der Waals surface area contributed by atoms with E-state index in [4.69, 9.17) is 4.74 Å². The topological polar surface area (TPSA) is 72.5 Å². The van der Waals surface area contributed by atoms with E-state index in [1.807, 2.05) is 27.7 Å². The van der Waals surface area contributed by atoms with Crippen molar-refractivity contribution >= 4 is 16.0 Å². The van der Waals surface area contributed by atoms with Crippen molar-refractivity contribution in [3.05, 3.63) is 29.3 Å². The number of hydrogen-bond acceptors (Lipinski definition) is 4. The molecule has 0 unspecified atom stereocenters. The van der Waals surface area contributed by atoms with Crippen LogP contribution in [0.2, 0.25) is 0 Å². The Labute approximate surface area is 126 Å². The molecule has 5 nitrogen and oxygen atoms in total. The first kappa shape index (κ1) is 17.7.